The van der Waals surface area contributed by atoms with Crippen molar-refractivity contribution >= 4 is 11.8 Å². The van der Waals surface area contributed by atoms with Crippen LogP contribution in [0.5, 0.6) is 0 Å². The fraction of sp³-hybridized carbons (Fsp3) is 0.556. The van der Waals surface area contributed by atoms with Crippen LogP contribution in [-0.2, 0) is 4.74 Å². The van der Waals surface area contributed by atoms with Gasteiger partial charge in [0, 0.05) is 31.6 Å². The number of benzene rings is 1. The largest absolute Gasteiger partial charge is 0.444 e. The Balaban J connectivity index is 2.04. The average Bonchev–Trinajstić information content (AvgIpc) is 2.45. The predicted molar refractivity (Wildman–Crippen MR) is 90.1 cm³/mol. The van der Waals surface area contributed by atoms with Gasteiger partial charge in [0.05, 0.1) is 6.07 Å². The first-order chi connectivity index (χ1) is 11.1. The Kier molecular flexibility index (Phi) is 5.02. The van der Waals surface area contributed by atoms with Gasteiger partial charge >= 0.3 is 6.09 Å². The van der Waals surface area contributed by atoms with Gasteiger partial charge in [0.1, 0.15) is 17.0 Å². The van der Waals surface area contributed by atoms with Crippen LogP contribution < -0.4 is 5.32 Å². The summed E-state index contributed by atoms with van der Waals surface area (Å²) in [5, 5.41) is 12.8. The lowest BCUT2D eigenvalue weighted by molar-refractivity contribution is 0.0195. The third kappa shape index (κ3) is 4.60. The summed E-state index contributed by atoms with van der Waals surface area (Å²) in [6.07, 6.45) is 0.548. The van der Waals surface area contributed by atoms with Crippen molar-refractivity contribution in [3.8, 4) is 6.07 Å². The molecule has 0 aromatic heterocycles. The summed E-state index contributed by atoms with van der Waals surface area (Å²) in [6.45, 7) is 8.11. The van der Waals surface area contributed by atoms with Crippen LogP contribution in [0.4, 0.5) is 14.9 Å². The number of carbonyl (C=O) groups excluding carboxylic acids is 1. The highest BCUT2D eigenvalue weighted by Gasteiger charge is 2.37. The van der Waals surface area contributed by atoms with E-state index in [1.165, 1.54) is 12.1 Å². The van der Waals surface area contributed by atoms with E-state index in [4.69, 9.17) is 4.74 Å². The van der Waals surface area contributed by atoms with Gasteiger partial charge in [0.2, 0.25) is 0 Å². The number of aryl methyl sites for hydroxylation is 1. The lowest BCUT2D eigenvalue weighted by Crippen LogP contribution is -2.51. The minimum absolute atomic E-state index is 0.336. The number of likely N-dealkylation sites (tertiary alicyclic amines) is 1. The Labute approximate surface area is 142 Å². The van der Waals surface area contributed by atoms with Crippen molar-refractivity contribution in [2.75, 3.05) is 18.4 Å². The minimum atomic E-state index is -0.807. The molecule has 0 radical (unpaired) electrons. The molecule has 0 spiro atoms. The monoisotopic (exact) mass is 333 g/mol. The van der Waals surface area contributed by atoms with E-state index >= 15 is 0 Å². The van der Waals surface area contributed by atoms with Gasteiger partial charge in [0.25, 0.3) is 0 Å². The van der Waals surface area contributed by atoms with E-state index in [9.17, 15) is 14.4 Å². The molecule has 130 valence electrons. The molecule has 1 aliphatic heterocycles. The number of amides is 1. The number of anilines is 1. The standard InChI is InChI=1S/C18H24FN3O2/c1-13-9-14(19)11-15(10-13)21-18(12-20)5-7-22(8-6-18)16(23)24-17(2,3)4/h9-11,21H,5-8H2,1-4H3. The fourth-order valence-corrected chi connectivity index (χ4v) is 2.75. The van der Waals surface area contributed by atoms with Gasteiger partial charge < -0.3 is 15.0 Å². The summed E-state index contributed by atoms with van der Waals surface area (Å²) in [5.74, 6) is -0.336. The minimum Gasteiger partial charge on any atom is -0.444 e. The molecule has 1 amide bonds. The highest BCUT2D eigenvalue weighted by atomic mass is 19.1. The first-order valence-corrected chi connectivity index (χ1v) is 8.07. The third-order valence-corrected chi connectivity index (χ3v) is 3.91. The molecular formula is C18H24FN3O2. The number of hydrogen-bond acceptors (Lipinski definition) is 4. The Bertz CT molecular complexity index is 633. The Hall–Kier alpha value is -2.29. The van der Waals surface area contributed by atoms with Gasteiger partial charge in [-0.15, -0.1) is 0 Å². The second-order valence-electron chi connectivity index (χ2n) is 7.30. The van der Waals surface area contributed by atoms with Crippen molar-refractivity contribution in [1.82, 2.24) is 4.90 Å². The molecule has 1 aromatic rings. The lowest BCUT2D eigenvalue weighted by atomic mass is 9.88. The second kappa shape index (κ2) is 6.68. The van der Waals surface area contributed by atoms with Crippen molar-refractivity contribution in [2.45, 2.75) is 51.7 Å². The summed E-state index contributed by atoms with van der Waals surface area (Å²) >= 11 is 0. The molecule has 1 N–H and O–H groups in total. The van der Waals surface area contributed by atoms with Gasteiger partial charge in [-0.1, -0.05) is 0 Å². The molecule has 24 heavy (non-hydrogen) atoms. The van der Waals surface area contributed by atoms with Crippen molar-refractivity contribution in [3.63, 3.8) is 0 Å². The molecule has 6 heteroatoms. The maximum atomic E-state index is 13.5. The van der Waals surface area contributed by atoms with Crippen LogP contribution in [0.25, 0.3) is 0 Å². The zero-order valence-corrected chi connectivity index (χ0v) is 14.6. The molecular weight excluding hydrogens is 309 g/mol. The molecule has 1 saturated heterocycles. The summed E-state index contributed by atoms with van der Waals surface area (Å²) in [6, 6.07) is 6.93. The number of hydrogen-bond donors (Lipinski definition) is 1. The number of nitrogens with one attached hydrogen (secondary N) is 1. The van der Waals surface area contributed by atoms with Crippen molar-refractivity contribution in [1.29, 1.82) is 5.26 Å². The van der Waals surface area contributed by atoms with E-state index in [1.54, 1.807) is 11.8 Å². The van der Waals surface area contributed by atoms with E-state index in [1.807, 2.05) is 26.8 Å². The number of carbonyl (C=O) groups is 1. The van der Waals surface area contributed by atoms with E-state index < -0.39 is 11.1 Å². The summed E-state index contributed by atoms with van der Waals surface area (Å²) in [5.41, 5.74) is 0.0215. The van der Waals surface area contributed by atoms with Gasteiger partial charge in [-0.25, -0.2) is 9.18 Å². The third-order valence-electron chi connectivity index (χ3n) is 3.91. The topological polar surface area (TPSA) is 65.4 Å². The second-order valence-corrected chi connectivity index (χ2v) is 7.30. The van der Waals surface area contributed by atoms with Gasteiger partial charge in [-0.2, -0.15) is 5.26 Å². The van der Waals surface area contributed by atoms with Crippen LogP contribution in [0, 0.1) is 24.1 Å². The van der Waals surface area contributed by atoms with E-state index in [2.05, 4.69) is 11.4 Å². The maximum absolute atomic E-state index is 13.5. The molecule has 1 heterocycles. The molecule has 2 rings (SSSR count). The molecule has 0 aliphatic carbocycles. The van der Waals surface area contributed by atoms with Crippen LogP contribution in [0.3, 0.4) is 0 Å². The highest BCUT2D eigenvalue weighted by molar-refractivity contribution is 5.68. The first-order valence-electron chi connectivity index (χ1n) is 8.07. The van der Waals surface area contributed by atoms with Crippen LogP contribution >= 0.6 is 0 Å². The van der Waals surface area contributed by atoms with Crippen LogP contribution in [-0.4, -0.2) is 35.2 Å². The van der Waals surface area contributed by atoms with E-state index in [0.29, 0.717) is 31.6 Å². The van der Waals surface area contributed by atoms with Gasteiger partial charge in [-0.3, -0.25) is 0 Å². The number of piperidine rings is 1. The highest BCUT2D eigenvalue weighted by Crippen LogP contribution is 2.28. The average molecular weight is 333 g/mol. The molecule has 1 fully saturated rings. The van der Waals surface area contributed by atoms with Gasteiger partial charge in [0.15, 0.2) is 0 Å². The van der Waals surface area contributed by atoms with Gasteiger partial charge in [-0.05, 0) is 51.5 Å². The zero-order valence-electron chi connectivity index (χ0n) is 14.6. The van der Waals surface area contributed by atoms with Crippen LogP contribution in [0.15, 0.2) is 18.2 Å². The summed E-state index contributed by atoms with van der Waals surface area (Å²) in [4.78, 5) is 13.7. The molecule has 0 unspecified atom stereocenters. The van der Waals surface area contributed by atoms with Crippen molar-refractivity contribution in [3.05, 3.63) is 29.6 Å². The van der Waals surface area contributed by atoms with Crippen LogP contribution in [0.2, 0.25) is 0 Å². The lowest BCUT2D eigenvalue weighted by Gasteiger charge is -2.38. The van der Waals surface area contributed by atoms with Crippen LogP contribution in [0.1, 0.15) is 39.2 Å². The number of nitrogens with zero attached hydrogens (tertiary/aromatic N) is 2. The molecule has 1 aromatic carbocycles. The van der Waals surface area contributed by atoms with Crippen molar-refractivity contribution in [2.24, 2.45) is 0 Å². The van der Waals surface area contributed by atoms with E-state index in [-0.39, 0.29) is 11.9 Å². The molecule has 0 bridgehead atoms. The Morgan fingerprint density at radius 1 is 1.33 bits per heavy atom. The fourth-order valence-electron chi connectivity index (χ4n) is 2.75. The maximum Gasteiger partial charge on any atom is 0.410 e. The number of ether oxygens (including phenoxy) is 1. The molecule has 0 saturated carbocycles. The molecule has 0 atom stereocenters. The normalized spacial score (nSPS) is 17.1. The smallest absolute Gasteiger partial charge is 0.410 e. The quantitative estimate of drug-likeness (QED) is 0.893. The summed E-state index contributed by atoms with van der Waals surface area (Å²) < 4.78 is 18.9. The SMILES string of the molecule is Cc1cc(F)cc(NC2(C#N)CCN(C(=O)OC(C)(C)C)CC2)c1. The predicted octanol–water partition coefficient (Wildman–Crippen LogP) is 3.84. The number of nitriles is 1. The molecule has 1 aliphatic rings. The number of halogens is 1. The Morgan fingerprint density at radius 3 is 2.46 bits per heavy atom. The van der Waals surface area contributed by atoms with E-state index in [0.717, 1.165) is 5.56 Å². The summed E-state index contributed by atoms with van der Waals surface area (Å²) in [7, 11) is 0. The zero-order chi connectivity index (χ0) is 18.0. The molecule has 5 nitrogen and oxygen atoms in total. The number of rotatable bonds is 2. The Morgan fingerprint density at radius 2 is 1.96 bits per heavy atom. The first kappa shape index (κ1) is 18.1. The van der Waals surface area contributed by atoms with Crippen molar-refractivity contribution < 1.29 is 13.9 Å².